The molecule has 11 heteroatoms. The van der Waals surface area contributed by atoms with Crippen LogP contribution in [0.3, 0.4) is 0 Å². The maximum atomic E-state index is 12.9. The molecule has 0 spiro atoms. The van der Waals surface area contributed by atoms with Crippen molar-refractivity contribution in [2.45, 2.75) is 31.5 Å². The topological polar surface area (TPSA) is 84.6 Å². The van der Waals surface area contributed by atoms with Crippen molar-refractivity contribution in [2.24, 2.45) is 0 Å². The van der Waals surface area contributed by atoms with E-state index in [4.69, 9.17) is 4.74 Å². The van der Waals surface area contributed by atoms with Crippen molar-refractivity contribution in [3.8, 4) is 0 Å². The van der Waals surface area contributed by atoms with Crippen LogP contribution >= 0.6 is 0 Å². The smallest absolute Gasteiger partial charge is 0.384 e. The molecular formula is C15H19F3N6O2. The highest BCUT2D eigenvalue weighted by molar-refractivity contribution is 5.76. The number of carbonyl (C=O) groups excluding carboxylic acids is 1. The second-order valence-corrected chi connectivity index (χ2v) is 6.05. The lowest BCUT2D eigenvalue weighted by molar-refractivity contribution is -0.146. The lowest BCUT2D eigenvalue weighted by Crippen LogP contribution is -2.42. The summed E-state index contributed by atoms with van der Waals surface area (Å²) in [5, 5.41) is 13.7. The molecule has 1 fully saturated rings. The summed E-state index contributed by atoms with van der Waals surface area (Å²) in [5.41, 5.74) is 0.0291. The second kappa shape index (κ2) is 7.44. The molecule has 1 aliphatic rings. The first-order valence-corrected chi connectivity index (χ1v) is 8.21. The molecular weight excluding hydrogens is 353 g/mol. The highest BCUT2D eigenvalue weighted by Gasteiger charge is 2.37. The van der Waals surface area contributed by atoms with Gasteiger partial charge in [0.2, 0.25) is 5.91 Å². The van der Waals surface area contributed by atoms with Gasteiger partial charge in [0.25, 0.3) is 5.82 Å². The molecule has 0 radical (unpaired) electrons. The van der Waals surface area contributed by atoms with Crippen LogP contribution in [-0.2, 0) is 15.7 Å². The Kier molecular flexibility index (Phi) is 5.25. The summed E-state index contributed by atoms with van der Waals surface area (Å²) in [6, 6.07) is 3.03. The predicted molar refractivity (Wildman–Crippen MR) is 85.5 cm³/mol. The molecule has 2 aromatic rings. The summed E-state index contributed by atoms with van der Waals surface area (Å²) in [5.74, 6) is -0.800. The number of likely N-dealkylation sites (tertiary alicyclic amines) is 1. The number of methoxy groups -OCH3 is 1. The Morgan fingerprint density at radius 1 is 1.31 bits per heavy atom. The number of hydrogen-bond donors (Lipinski definition) is 1. The van der Waals surface area contributed by atoms with Crippen molar-refractivity contribution < 1.29 is 22.7 Å². The zero-order valence-electron chi connectivity index (χ0n) is 14.2. The van der Waals surface area contributed by atoms with E-state index in [1.54, 1.807) is 18.1 Å². The molecule has 1 aliphatic heterocycles. The third-order valence-electron chi connectivity index (χ3n) is 4.24. The Hall–Kier alpha value is -2.43. The van der Waals surface area contributed by atoms with Gasteiger partial charge in [0, 0.05) is 26.2 Å². The van der Waals surface area contributed by atoms with Crippen molar-refractivity contribution >= 4 is 17.4 Å². The van der Waals surface area contributed by atoms with Gasteiger partial charge in [0.05, 0.1) is 13.0 Å². The van der Waals surface area contributed by atoms with Gasteiger partial charge in [0.1, 0.15) is 5.82 Å². The van der Waals surface area contributed by atoms with Crippen LogP contribution in [0.15, 0.2) is 12.1 Å². The van der Waals surface area contributed by atoms with E-state index >= 15 is 0 Å². The van der Waals surface area contributed by atoms with Gasteiger partial charge in [-0.05, 0) is 25.0 Å². The average molecular weight is 372 g/mol. The Morgan fingerprint density at radius 2 is 2.04 bits per heavy atom. The molecule has 0 atom stereocenters. The van der Waals surface area contributed by atoms with Crippen LogP contribution < -0.4 is 5.32 Å². The summed E-state index contributed by atoms with van der Waals surface area (Å²) in [6.45, 7) is 1.56. The molecule has 142 valence electrons. The minimum absolute atomic E-state index is 0.0252. The fourth-order valence-electron chi connectivity index (χ4n) is 2.87. The van der Waals surface area contributed by atoms with Crippen LogP contribution in [0.5, 0.6) is 0 Å². The zero-order valence-corrected chi connectivity index (χ0v) is 14.2. The standard InChI is InChI=1S/C15H19F3N6O2/c1-26-9-6-13(25)23-7-4-10(5-8-23)19-11-2-3-12-20-21-14(15(16,17)18)24(12)22-11/h2-3,10H,4-9H2,1H3,(H,19,22). The van der Waals surface area contributed by atoms with Crippen LogP contribution in [0.2, 0.25) is 0 Å². The third-order valence-corrected chi connectivity index (χ3v) is 4.24. The van der Waals surface area contributed by atoms with Crippen molar-refractivity contribution in [3.63, 3.8) is 0 Å². The van der Waals surface area contributed by atoms with Gasteiger partial charge >= 0.3 is 6.18 Å². The van der Waals surface area contributed by atoms with E-state index < -0.39 is 12.0 Å². The number of alkyl halides is 3. The normalized spacial score (nSPS) is 16.2. The van der Waals surface area contributed by atoms with Crippen molar-refractivity contribution in [1.82, 2.24) is 24.7 Å². The first-order valence-electron chi connectivity index (χ1n) is 8.21. The van der Waals surface area contributed by atoms with Gasteiger partial charge in [-0.2, -0.15) is 17.7 Å². The van der Waals surface area contributed by atoms with Crippen molar-refractivity contribution in [2.75, 3.05) is 32.1 Å². The average Bonchev–Trinajstić information content (AvgIpc) is 3.04. The highest BCUT2D eigenvalue weighted by Crippen LogP contribution is 2.27. The maximum absolute atomic E-state index is 12.9. The van der Waals surface area contributed by atoms with E-state index in [0.29, 0.717) is 49.3 Å². The lowest BCUT2D eigenvalue weighted by Gasteiger charge is -2.32. The van der Waals surface area contributed by atoms with Crippen LogP contribution in [0, 0.1) is 0 Å². The Bertz CT molecular complexity index is 770. The van der Waals surface area contributed by atoms with E-state index in [2.05, 4.69) is 20.6 Å². The fourth-order valence-corrected chi connectivity index (χ4v) is 2.87. The fraction of sp³-hybridized carbons (Fsp3) is 0.600. The van der Waals surface area contributed by atoms with E-state index in [1.165, 1.54) is 6.07 Å². The summed E-state index contributed by atoms with van der Waals surface area (Å²) in [6.07, 6.45) is -2.90. The number of halogens is 3. The number of amides is 1. The number of nitrogens with one attached hydrogen (secondary N) is 1. The SMILES string of the molecule is COCCC(=O)N1CCC(Nc2ccc3nnc(C(F)(F)F)n3n2)CC1. The predicted octanol–water partition coefficient (Wildman–Crippen LogP) is 1.58. The van der Waals surface area contributed by atoms with Gasteiger partial charge in [0.15, 0.2) is 5.65 Å². The second-order valence-electron chi connectivity index (χ2n) is 6.05. The molecule has 0 unspecified atom stereocenters. The van der Waals surface area contributed by atoms with Gasteiger partial charge < -0.3 is 15.0 Å². The molecule has 0 aliphatic carbocycles. The molecule has 0 saturated carbocycles. The Balaban J connectivity index is 1.62. The number of ether oxygens (including phenoxy) is 1. The number of piperidine rings is 1. The molecule has 0 aromatic carbocycles. The Morgan fingerprint density at radius 3 is 2.69 bits per heavy atom. The van der Waals surface area contributed by atoms with E-state index in [0.717, 1.165) is 0 Å². The number of carbonyl (C=O) groups is 1. The number of rotatable bonds is 5. The summed E-state index contributed by atoms with van der Waals surface area (Å²) < 4.78 is 44.3. The molecule has 1 amide bonds. The number of fused-ring (bicyclic) bond motifs is 1. The number of anilines is 1. The van der Waals surface area contributed by atoms with Gasteiger partial charge in [-0.25, -0.2) is 0 Å². The molecule has 3 heterocycles. The van der Waals surface area contributed by atoms with E-state index in [-0.39, 0.29) is 17.6 Å². The summed E-state index contributed by atoms with van der Waals surface area (Å²) >= 11 is 0. The molecule has 3 rings (SSSR count). The van der Waals surface area contributed by atoms with E-state index in [9.17, 15) is 18.0 Å². The Labute approximate surface area is 147 Å². The largest absolute Gasteiger partial charge is 0.453 e. The monoisotopic (exact) mass is 372 g/mol. The minimum Gasteiger partial charge on any atom is -0.384 e. The third kappa shape index (κ3) is 4.03. The number of hydrogen-bond acceptors (Lipinski definition) is 6. The minimum atomic E-state index is -4.63. The van der Waals surface area contributed by atoms with E-state index in [1.807, 2.05) is 0 Å². The summed E-state index contributed by atoms with van der Waals surface area (Å²) in [7, 11) is 1.55. The van der Waals surface area contributed by atoms with Gasteiger partial charge in [-0.15, -0.1) is 15.3 Å². The van der Waals surface area contributed by atoms with Crippen LogP contribution in [0.4, 0.5) is 19.0 Å². The molecule has 8 nitrogen and oxygen atoms in total. The molecule has 1 N–H and O–H groups in total. The van der Waals surface area contributed by atoms with Gasteiger partial charge in [-0.1, -0.05) is 0 Å². The van der Waals surface area contributed by atoms with Crippen LogP contribution in [0.25, 0.3) is 5.65 Å². The quantitative estimate of drug-likeness (QED) is 0.858. The maximum Gasteiger partial charge on any atom is 0.453 e. The van der Waals surface area contributed by atoms with Gasteiger partial charge in [-0.3, -0.25) is 4.79 Å². The zero-order chi connectivity index (χ0) is 18.7. The number of aromatic nitrogens is 4. The molecule has 26 heavy (non-hydrogen) atoms. The molecule has 1 saturated heterocycles. The van der Waals surface area contributed by atoms with Crippen molar-refractivity contribution in [1.29, 1.82) is 0 Å². The number of nitrogens with zero attached hydrogens (tertiary/aromatic N) is 5. The lowest BCUT2D eigenvalue weighted by atomic mass is 10.0. The van der Waals surface area contributed by atoms with Crippen LogP contribution in [-0.4, -0.2) is 63.5 Å². The first kappa shape index (κ1) is 18.4. The van der Waals surface area contributed by atoms with Crippen molar-refractivity contribution in [3.05, 3.63) is 18.0 Å². The highest BCUT2D eigenvalue weighted by atomic mass is 19.4. The molecule has 2 aromatic heterocycles. The first-order chi connectivity index (χ1) is 12.4. The summed E-state index contributed by atoms with van der Waals surface area (Å²) in [4.78, 5) is 13.7. The molecule has 0 bridgehead atoms. The van der Waals surface area contributed by atoms with Crippen LogP contribution in [0.1, 0.15) is 25.1 Å².